The molecule has 108 valence electrons. The van der Waals surface area contributed by atoms with E-state index in [0.29, 0.717) is 18.7 Å². The number of aliphatic hydroxyl groups is 1. The molecule has 1 heterocycles. The second-order valence-electron chi connectivity index (χ2n) is 5.34. The highest BCUT2D eigenvalue weighted by atomic mass is 19.1. The topological polar surface area (TPSA) is 50.5 Å². The van der Waals surface area contributed by atoms with Gasteiger partial charge in [0, 0.05) is 39.3 Å². The van der Waals surface area contributed by atoms with Crippen molar-refractivity contribution in [3.05, 3.63) is 35.1 Å². The van der Waals surface area contributed by atoms with E-state index in [9.17, 15) is 9.50 Å². The van der Waals surface area contributed by atoms with Crippen LogP contribution in [0.5, 0.6) is 0 Å². The molecule has 1 N–H and O–H groups in total. The van der Waals surface area contributed by atoms with Gasteiger partial charge in [-0.1, -0.05) is 6.07 Å². The van der Waals surface area contributed by atoms with Crippen LogP contribution >= 0.6 is 0 Å². The van der Waals surface area contributed by atoms with Gasteiger partial charge in [0.1, 0.15) is 5.82 Å². The molecule has 0 unspecified atom stereocenters. The summed E-state index contributed by atoms with van der Waals surface area (Å²) < 4.78 is 13.1. The first-order chi connectivity index (χ1) is 9.58. The molecule has 0 radical (unpaired) electrons. The normalized spacial score (nSPS) is 18.7. The molecule has 0 spiro atoms. The standard InChI is InChI=1S/C15H20FN3O/c1-12(20)10-18-4-6-19(7-5-18)11-13-2-3-15(16)8-14(13)9-17/h2-3,8,12,20H,4-7,10-11H2,1H3/t12-/m1/s1. The number of halogens is 1. The maximum atomic E-state index is 13.1. The molecular formula is C15H20FN3O. The van der Waals surface area contributed by atoms with Crippen LogP contribution in [-0.4, -0.2) is 53.7 Å². The van der Waals surface area contributed by atoms with E-state index < -0.39 is 0 Å². The van der Waals surface area contributed by atoms with E-state index >= 15 is 0 Å². The fraction of sp³-hybridized carbons (Fsp3) is 0.533. The van der Waals surface area contributed by atoms with Crippen LogP contribution < -0.4 is 0 Å². The molecule has 4 nitrogen and oxygen atoms in total. The fourth-order valence-corrected chi connectivity index (χ4v) is 2.54. The first-order valence-electron chi connectivity index (χ1n) is 6.90. The zero-order valence-electron chi connectivity index (χ0n) is 11.7. The van der Waals surface area contributed by atoms with Gasteiger partial charge in [0.15, 0.2) is 0 Å². The van der Waals surface area contributed by atoms with Gasteiger partial charge in [-0.15, -0.1) is 0 Å². The Kier molecular flexibility index (Phi) is 5.07. The predicted octanol–water partition coefficient (Wildman–Crippen LogP) is 1.20. The van der Waals surface area contributed by atoms with Crippen molar-refractivity contribution in [2.45, 2.75) is 19.6 Å². The Morgan fingerprint density at radius 2 is 1.95 bits per heavy atom. The molecule has 0 aliphatic carbocycles. The molecule has 2 rings (SSSR count). The van der Waals surface area contributed by atoms with Crippen LogP contribution in [0.15, 0.2) is 18.2 Å². The fourth-order valence-electron chi connectivity index (χ4n) is 2.54. The van der Waals surface area contributed by atoms with Gasteiger partial charge >= 0.3 is 0 Å². The lowest BCUT2D eigenvalue weighted by Gasteiger charge is -2.35. The number of rotatable bonds is 4. The first kappa shape index (κ1) is 14.9. The third-order valence-corrected chi connectivity index (χ3v) is 3.57. The Hall–Kier alpha value is -1.48. The summed E-state index contributed by atoms with van der Waals surface area (Å²) in [7, 11) is 0. The average Bonchev–Trinajstić information content (AvgIpc) is 2.42. The van der Waals surface area contributed by atoms with E-state index in [-0.39, 0.29) is 11.9 Å². The molecule has 0 amide bonds. The number of nitrogens with zero attached hydrogens (tertiary/aromatic N) is 3. The van der Waals surface area contributed by atoms with Crippen molar-refractivity contribution in [3.63, 3.8) is 0 Å². The van der Waals surface area contributed by atoms with Gasteiger partial charge in [-0.25, -0.2) is 4.39 Å². The van der Waals surface area contributed by atoms with Crippen LogP contribution in [0.1, 0.15) is 18.1 Å². The third-order valence-electron chi connectivity index (χ3n) is 3.57. The van der Waals surface area contributed by atoms with Crippen molar-refractivity contribution in [1.29, 1.82) is 5.26 Å². The Morgan fingerprint density at radius 3 is 2.55 bits per heavy atom. The lowest BCUT2D eigenvalue weighted by Crippen LogP contribution is -2.47. The summed E-state index contributed by atoms with van der Waals surface area (Å²) in [5.74, 6) is -0.368. The van der Waals surface area contributed by atoms with Crippen molar-refractivity contribution < 1.29 is 9.50 Å². The van der Waals surface area contributed by atoms with Gasteiger partial charge in [0.25, 0.3) is 0 Å². The Bertz CT molecular complexity index is 490. The molecular weight excluding hydrogens is 257 g/mol. The lowest BCUT2D eigenvalue weighted by molar-refractivity contribution is 0.0780. The highest BCUT2D eigenvalue weighted by Crippen LogP contribution is 2.14. The summed E-state index contributed by atoms with van der Waals surface area (Å²) in [6.07, 6.45) is -0.302. The zero-order valence-corrected chi connectivity index (χ0v) is 11.7. The highest BCUT2D eigenvalue weighted by molar-refractivity contribution is 5.37. The van der Waals surface area contributed by atoms with E-state index in [1.165, 1.54) is 12.1 Å². The number of piperazine rings is 1. The summed E-state index contributed by atoms with van der Waals surface area (Å²) in [6.45, 7) is 6.79. The summed E-state index contributed by atoms with van der Waals surface area (Å²) in [6, 6.07) is 6.43. The van der Waals surface area contributed by atoms with Crippen LogP contribution in [0.4, 0.5) is 4.39 Å². The van der Waals surface area contributed by atoms with E-state index in [1.54, 1.807) is 13.0 Å². The minimum absolute atomic E-state index is 0.302. The van der Waals surface area contributed by atoms with E-state index in [4.69, 9.17) is 5.26 Å². The number of aliphatic hydroxyl groups excluding tert-OH is 1. The molecule has 1 aromatic rings. The molecule has 0 bridgehead atoms. The molecule has 0 aromatic heterocycles. The Morgan fingerprint density at radius 1 is 1.30 bits per heavy atom. The molecule has 1 saturated heterocycles. The molecule has 1 fully saturated rings. The summed E-state index contributed by atoms with van der Waals surface area (Å²) in [5.41, 5.74) is 1.29. The monoisotopic (exact) mass is 277 g/mol. The SMILES string of the molecule is C[C@@H](O)CN1CCN(Cc2ccc(F)cc2C#N)CC1. The molecule has 20 heavy (non-hydrogen) atoms. The first-order valence-corrected chi connectivity index (χ1v) is 6.90. The van der Waals surface area contributed by atoms with Crippen molar-refractivity contribution in [1.82, 2.24) is 9.80 Å². The smallest absolute Gasteiger partial charge is 0.124 e. The lowest BCUT2D eigenvalue weighted by atomic mass is 10.1. The van der Waals surface area contributed by atoms with E-state index in [0.717, 1.165) is 31.7 Å². The van der Waals surface area contributed by atoms with Gasteiger partial charge in [0.2, 0.25) is 0 Å². The minimum atomic E-state index is -0.368. The van der Waals surface area contributed by atoms with Crippen molar-refractivity contribution >= 4 is 0 Å². The Labute approximate surface area is 119 Å². The Balaban J connectivity index is 1.91. The molecule has 1 atom stereocenters. The summed E-state index contributed by atoms with van der Waals surface area (Å²) in [5, 5.41) is 18.4. The summed E-state index contributed by atoms with van der Waals surface area (Å²) >= 11 is 0. The highest BCUT2D eigenvalue weighted by Gasteiger charge is 2.18. The van der Waals surface area contributed by atoms with Crippen LogP contribution in [0.3, 0.4) is 0 Å². The van der Waals surface area contributed by atoms with Gasteiger partial charge in [-0.05, 0) is 24.6 Å². The number of benzene rings is 1. The molecule has 1 aromatic carbocycles. The number of hydrogen-bond acceptors (Lipinski definition) is 4. The average molecular weight is 277 g/mol. The van der Waals surface area contributed by atoms with E-state index in [1.807, 2.05) is 0 Å². The number of hydrogen-bond donors (Lipinski definition) is 1. The van der Waals surface area contributed by atoms with Gasteiger partial charge in [0.05, 0.1) is 17.7 Å². The largest absolute Gasteiger partial charge is 0.392 e. The maximum absolute atomic E-state index is 13.1. The second kappa shape index (κ2) is 6.80. The van der Waals surface area contributed by atoms with Gasteiger partial charge in [-0.2, -0.15) is 5.26 Å². The van der Waals surface area contributed by atoms with Crippen LogP contribution in [0.25, 0.3) is 0 Å². The van der Waals surface area contributed by atoms with E-state index in [2.05, 4.69) is 15.9 Å². The van der Waals surface area contributed by atoms with Crippen LogP contribution in [0, 0.1) is 17.1 Å². The quantitative estimate of drug-likeness (QED) is 0.898. The molecule has 0 saturated carbocycles. The second-order valence-corrected chi connectivity index (χ2v) is 5.34. The predicted molar refractivity (Wildman–Crippen MR) is 74.5 cm³/mol. The maximum Gasteiger partial charge on any atom is 0.124 e. The van der Waals surface area contributed by atoms with Crippen LogP contribution in [0.2, 0.25) is 0 Å². The third kappa shape index (κ3) is 4.01. The zero-order chi connectivity index (χ0) is 14.5. The minimum Gasteiger partial charge on any atom is -0.392 e. The van der Waals surface area contributed by atoms with Crippen LogP contribution in [-0.2, 0) is 6.54 Å². The molecule has 1 aliphatic heterocycles. The van der Waals surface area contributed by atoms with Gasteiger partial charge in [-0.3, -0.25) is 9.80 Å². The molecule has 1 aliphatic rings. The summed E-state index contributed by atoms with van der Waals surface area (Å²) in [4.78, 5) is 4.49. The van der Waals surface area contributed by atoms with Crippen molar-refractivity contribution in [2.75, 3.05) is 32.7 Å². The van der Waals surface area contributed by atoms with Crippen molar-refractivity contribution in [3.8, 4) is 6.07 Å². The number of β-amino-alcohol motifs (C(OH)–C–C–N with tert-alkyl or cyclic N) is 1. The van der Waals surface area contributed by atoms with Gasteiger partial charge < -0.3 is 5.11 Å². The number of nitriles is 1. The molecule has 5 heteroatoms. The van der Waals surface area contributed by atoms with Crippen molar-refractivity contribution in [2.24, 2.45) is 0 Å².